The number of carbonyl (C=O) groups is 3. The second-order valence-corrected chi connectivity index (χ2v) is 9.31. The van der Waals surface area contributed by atoms with Gasteiger partial charge >= 0.3 is 11.9 Å². The molecule has 0 aliphatic heterocycles. The molecule has 2 atom stereocenters. The van der Waals surface area contributed by atoms with Crippen LogP contribution in [0.3, 0.4) is 0 Å². The topological polar surface area (TPSA) is 128 Å². The Bertz CT molecular complexity index is 1040. The quantitative estimate of drug-likeness (QED) is 0.470. The van der Waals surface area contributed by atoms with Crippen LogP contribution in [0.25, 0.3) is 0 Å². The van der Waals surface area contributed by atoms with Crippen molar-refractivity contribution < 1.29 is 32.3 Å². The third kappa shape index (κ3) is 7.99. The fraction of sp³-hybridized carbons (Fsp3) is 0.348. The lowest BCUT2D eigenvalue weighted by atomic mass is 10.1. The van der Waals surface area contributed by atoms with E-state index in [1.165, 1.54) is 19.2 Å². The summed E-state index contributed by atoms with van der Waals surface area (Å²) in [6.07, 6.45) is 0.193. The highest BCUT2D eigenvalue weighted by atomic mass is 32.2. The molecule has 9 nitrogen and oxygen atoms in total. The van der Waals surface area contributed by atoms with E-state index in [0.717, 1.165) is 5.56 Å². The molecule has 1 amide bonds. The van der Waals surface area contributed by atoms with Gasteiger partial charge in [0.25, 0.3) is 5.91 Å². The van der Waals surface area contributed by atoms with E-state index < -0.39 is 52.5 Å². The van der Waals surface area contributed by atoms with Crippen molar-refractivity contribution in [2.24, 2.45) is 5.92 Å². The minimum atomic E-state index is -3.97. The molecule has 2 N–H and O–H groups in total. The molecule has 0 fully saturated rings. The molecule has 0 aliphatic rings. The molecule has 2 aromatic carbocycles. The molecule has 33 heavy (non-hydrogen) atoms. The number of sulfonamides is 1. The van der Waals surface area contributed by atoms with Crippen LogP contribution in [0.2, 0.25) is 0 Å². The summed E-state index contributed by atoms with van der Waals surface area (Å²) in [6, 6.07) is 14.5. The van der Waals surface area contributed by atoms with Crippen molar-refractivity contribution in [3.63, 3.8) is 0 Å². The zero-order valence-corrected chi connectivity index (χ0v) is 19.5. The zero-order valence-electron chi connectivity index (χ0n) is 18.7. The summed E-state index contributed by atoms with van der Waals surface area (Å²) in [6.45, 7) is 2.61. The number of methoxy groups -OCH3 is 1. The van der Waals surface area contributed by atoms with Crippen LogP contribution < -0.4 is 10.0 Å². The van der Waals surface area contributed by atoms with Gasteiger partial charge in [0.2, 0.25) is 10.0 Å². The summed E-state index contributed by atoms with van der Waals surface area (Å²) < 4.78 is 37.2. The molecular weight excluding hydrogens is 448 g/mol. The minimum Gasteiger partial charge on any atom is -0.467 e. The highest BCUT2D eigenvalue weighted by molar-refractivity contribution is 7.89. The molecule has 0 heterocycles. The molecule has 178 valence electrons. The van der Waals surface area contributed by atoms with Crippen molar-refractivity contribution in [2.45, 2.75) is 37.2 Å². The van der Waals surface area contributed by atoms with Gasteiger partial charge in [0, 0.05) is 6.42 Å². The van der Waals surface area contributed by atoms with Gasteiger partial charge in [-0.1, -0.05) is 62.4 Å². The molecule has 2 aromatic rings. The van der Waals surface area contributed by atoms with Gasteiger partial charge in [0.05, 0.1) is 12.0 Å². The predicted octanol–water partition coefficient (Wildman–Crippen LogP) is 1.43. The smallest absolute Gasteiger partial charge is 0.328 e. The Labute approximate surface area is 193 Å². The lowest BCUT2D eigenvalue weighted by Gasteiger charge is -2.21. The maximum Gasteiger partial charge on any atom is 0.328 e. The number of rotatable bonds is 11. The Kier molecular flexibility index (Phi) is 9.56. The summed E-state index contributed by atoms with van der Waals surface area (Å²) >= 11 is 0. The maximum atomic E-state index is 12.6. The summed E-state index contributed by atoms with van der Waals surface area (Å²) in [5.41, 5.74) is 0.806. The zero-order chi connectivity index (χ0) is 24.4. The van der Waals surface area contributed by atoms with Crippen molar-refractivity contribution in [3.8, 4) is 0 Å². The number of esters is 2. The van der Waals surface area contributed by atoms with Gasteiger partial charge in [0.15, 0.2) is 6.61 Å². The first kappa shape index (κ1) is 26.0. The van der Waals surface area contributed by atoms with Crippen LogP contribution in [0.1, 0.15) is 19.4 Å². The molecule has 2 rings (SSSR count). The van der Waals surface area contributed by atoms with Crippen LogP contribution >= 0.6 is 0 Å². The highest BCUT2D eigenvalue weighted by Crippen LogP contribution is 2.12. The normalized spacial score (nSPS) is 13.1. The molecule has 0 aromatic heterocycles. The van der Waals surface area contributed by atoms with Gasteiger partial charge in [-0.2, -0.15) is 4.72 Å². The van der Waals surface area contributed by atoms with E-state index in [4.69, 9.17) is 9.47 Å². The van der Waals surface area contributed by atoms with E-state index in [-0.39, 0.29) is 11.3 Å². The van der Waals surface area contributed by atoms with Gasteiger partial charge in [-0.3, -0.25) is 9.59 Å². The van der Waals surface area contributed by atoms with Crippen molar-refractivity contribution >= 4 is 27.9 Å². The van der Waals surface area contributed by atoms with Crippen LogP contribution in [0.4, 0.5) is 0 Å². The van der Waals surface area contributed by atoms with Crippen LogP contribution in [-0.4, -0.2) is 52.1 Å². The fourth-order valence-electron chi connectivity index (χ4n) is 2.94. The van der Waals surface area contributed by atoms with Crippen LogP contribution in [-0.2, 0) is 40.3 Å². The Hall–Kier alpha value is -3.24. The Morgan fingerprint density at radius 2 is 1.48 bits per heavy atom. The highest BCUT2D eigenvalue weighted by Gasteiger charge is 2.30. The van der Waals surface area contributed by atoms with Gasteiger partial charge < -0.3 is 14.8 Å². The molecule has 0 saturated heterocycles. The van der Waals surface area contributed by atoms with Gasteiger partial charge in [0.1, 0.15) is 12.1 Å². The number of hydrogen-bond donors (Lipinski definition) is 2. The first-order chi connectivity index (χ1) is 15.6. The molecule has 0 saturated carbocycles. The van der Waals surface area contributed by atoms with Crippen molar-refractivity contribution in [2.75, 3.05) is 13.7 Å². The predicted molar refractivity (Wildman–Crippen MR) is 120 cm³/mol. The first-order valence-corrected chi connectivity index (χ1v) is 11.8. The Balaban J connectivity index is 1.99. The Morgan fingerprint density at radius 1 is 0.909 bits per heavy atom. The van der Waals surface area contributed by atoms with Crippen LogP contribution in [0.15, 0.2) is 65.6 Å². The van der Waals surface area contributed by atoms with E-state index in [9.17, 15) is 22.8 Å². The summed E-state index contributed by atoms with van der Waals surface area (Å²) in [7, 11) is -2.76. The monoisotopic (exact) mass is 476 g/mol. The number of benzene rings is 2. The molecule has 0 bridgehead atoms. The van der Waals surface area contributed by atoms with Crippen LogP contribution in [0, 0.1) is 5.92 Å². The summed E-state index contributed by atoms with van der Waals surface area (Å²) in [5, 5.41) is 2.48. The second-order valence-electron chi connectivity index (χ2n) is 7.60. The number of carbonyl (C=O) groups excluding carboxylic acids is 3. The second kappa shape index (κ2) is 12.1. The third-order valence-electron chi connectivity index (χ3n) is 4.71. The lowest BCUT2D eigenvalue weighted by Crippen LogP contribution is -2.47. The third-order valence-corrected chi connectivity index (χ3v) is 6.16. The van der Waals surface area contributed by atoms with E-state index in [0.29, 0.717) is 0 Å². The number of hydrogen-bond acceptors (Lipinski definition) is 7. The number of ether oxygens (including phenoxy) is 2. The molecule has 10 heteroatoms. The van der Waals surface area contributed by atoms with Gasteiger partial charge in [-0.05, 0) is 23.6 Å². The van der Waals surface area contributed by atoms with E-state index in [1.807, 2.05) is 6.07 Å². The van der Waals surface area contributed by atoms with E-state index in [2.05, 4.69) is 10.0 Å². The number of amides is 1. The lowest BCUT2D eigenvalue weighted by molar-refractivity contribution is -0.152. The first-order valence-electron chi connectivity index (χ1n) is 10.3. The molecule has 1 unspecified atom stereocenters. The van der Waals surface area contributed by atoms with Crippen LogP contribution in [0.5, 0.6) is 0 Å². The van der Waals surface area contributed by atoms with E-state index >= 15 is 0 Å². The molecule has 0 aliphatic carbocycles. The summed E-state index contributed by atoms with van der Waals surface area (Å²) in [4.78, 5) is 36.9. The van der Waals surface area contributed by atoms with Crippen molar-refractivity contribution in [1.82, 2.24) is 10.0 Å². The Morgan fingerprint density at radius 3 is 2.03 bits per heavy atom. The van der Waals surface area contributed by atoms with Crippen molar-refractivity contribution in [1.29, 1.82) is 0 Å². The summed E-state index contributed by atoms with van der Waals surface area (Å²) in [5.74, 6) is -2.71. The average Bonchev–Trinajstić information content (AvgIpc) is 2.81. The molecule has 0 radical (unpaired) electrons. The fourth-order valence-corrected chi connectivity index (χ4v) is 4.29. The number of nitrogens with one attached hydrogen (secondary N) is 2. The molecular formula is C23H28N2O7S. The standard InChI is InChI=1S/C23H28N2O7S/c1-16(2)21(25-33(29,30)18-12-8-5-9-13-18)23(28)32-15-20(26)24-19(22(27)31-3)14-17-10-6-4-7-11-17/h4-13,16,19,21,25H,14-15H2,1-3H3,(H,24,26)/t19?,21-/m0/s1. The van der Waals surface area contributed by atoms with E-state index in [1.54, 1.807) is 56.3 Å². The minimum absolute atomic E-state index is 0.00280. The van der Waals surface area contributed by atoms with Gasteiger partial charge in [-0.15, -0.1) is 0 Å². The maximum absolute atomic E-state index is 12.6. The van der Waals surface area contributed by atoms with Gasteiger partial charge in [-0.25, -0.2) is 13.2 Å². The largest absolute Gasteiger partial charge is 0.467 e. The van der Waals surface area contributed by atoms with Crippen molar-refractivity contribution in [3.05, 3.63) is 66.2 Å². The average molecular weight is 477 g/mol. The molecule has 0 spiro atoms. The SMILES string of the molecule is COC(=O)C(Cc1ccccc1)NC(=O)COC(=O)[C@@H](NS(=O)(=O)c1ccccc1)C(C)C.